The first-order valence-electron chi connectivity index (χ1n) is 5.80. The number of nitro benzene ring substituents is 1. The summed E-state index contributed by atoms with van der Waals surface area (Å²) < 4.78 is 26.0. The molecule has 9 heteroatoms. The van der Waals surface area contributed by atoms with Crippen molar-refractivity contribution in [3.8, 4) is 0 Å². The van der Waals surface area contributed by atoms with Gasteiger partial charge in [0, 0.05) is 12.6 Å². The van der Waals surface area contributed by atoms with Crippen LogP contribution in [0, 0.1) is 10.1 Å². The number of isocyanates is 1. The summed E-state index contributed by atoms with van der Waals surface area (Å²) in [4.78, 5) is 23.6. The zero-order valence-corrected chi connectivity index (χ0v) is 11.1. The van der Waals surface area contributed by atoms with Crippen LogP contribution in [-0.4, -0.2) is 36.4 Å². The van der Waals surface area contributed by atoms with Crippen LogP contribution in [0.5, 0.6) is 0 Å². The van der Waals surface area contributed by atoms with Crippen molar-refractivity contribution in [2.75, 3.05) is 6.54 Å². The molecule has 0 bridgehead atoms. The van der Waals surface area contributed by atoms with Crippen molar-refractivity contribution < 1.29 is 18.1 Å². The highest BCUT2D eigenvalue weighted by Crippen LogP contribution is 2.31. The van der Waals surface area contributed by atoms with E-state index in [0.29, 0.717) is 12.8 Å². The van der Waals surface area contributed by atoms with Gasteiger partial charge in [-0.3, -0.25) is 10.1 Å². The van der Waals surface area contributed by atoms with Crippen LogP contribution in [0.2, 0.25) is 0 Å². The number of hydrogen-bond acceptors (Lipinski definition) is 6. The van der Waals surface area contributed by atoms with Gasteiger partial charge in [0.25, 0.3) is 15.7 Å². The van der Waals surface area contributed by atoms with E-state index in [4.69, 9.17) is 0 Å². The van der Waals surface area contributed by atoms with E-state index in [2.05, 4.69) is 4.99 Å². The SMILES string of the molecule is O=C=NC1CCCN1S(=O)(=O)c1ccccc1[N+](=O)[O-]. The van der Waals surface area contributed by atoms with Crippen molar-refractivity contribution in [3.05, 3.63) is 34.4 Å². The molecule has 106 valence electrons. The molecular weight excluding hydrogens is 286 g/mol. The number of hydrogen-bond donors (Lipinski definition) is 0. The monoisotopic (exact) mass is 297 g/mol. The number of nitro groups is 1. The van der Waals surface area contributed by atoms with Gasteiger partial charge in [-0.2, -0.15) is 9.30 Å². The van der Waals surface area contributed by atoms with E-state index in [1.165, 1.54) is 24.3 Å². The number of carbonyl (C=O) groups excluding carboxylic acids is 1. The van der Waals surface area contributed by atoms with Crippen LogP contribution >= 0.6 is 0 Å². The molecule has 0 radical (unpaired) electrons. The quantitative estimate of drug-likeness (QED) is 0.357. The molecule has 0 saturated carbocycles. The first kappa shape index (κ1) is 14.3. The maximum atomic E-state index is 12.5. The molecule has 0 amide bonds. The second kappa shape index (κ2) is 5.49. The molecule has 1 unspecified atom stereocenters. The summed E-state index contributed by atoms with van der Waals surface area (Å²) in [5.74, 6) is 0. The smallest absolute Gasteiger partial charge is 0.258 e. The zero-order chi connectivity index (χ0) is 14.8. The fourth-order valence-corrected chi connectivity index (χ4v) is 3.90. The van der Waals surface area contributed by atoms with Crippen LogP contribution in [0.15, 0.2) is 34.2 Å². The van der Waals surface area contributed by atoms with E-state index in [1.807, 2.05) is 0 Å². The van der Waals surface area contributed by atoms with Crippen molar-refractivity contribution in [3.63, 3.8) is 0 Å². The minimum absolute atomic E-state index is 0.171. The highest BCUT2D eigenvalue weighted by atomic mass is 32.2. The summed E-state index contributed by atoms with van der Waals surface area (Å²) >= 11 is 0. The van der Waals surface area contributed by atoms with E-state index in [0.717, 1.165) is 10.4 Å². The molecule has 1 fully saturated rings. The molecule has 1 saturated heterocycles. The Morgan fingerprint density at radius 1 is 1.40 bits per heavy atom. The Morgan fingerprint density at radius 3 is 2.75 bits per heavy atom. The van der Waals surface area contributed by atoms with Crippen molar-refractivity contribution in [2.45, 2.75) is 23.9 Å². The van der Waals surface area contributed by atoms with Crippen molar-refractivity contribution in [2.24, 2.45) is 4.99 Å². The number of aliphatic imine (C=N–C) groups is 1. The third-order valence-corrected chi connectivity index (χ3v) is 4.97. The molecule has 0 spiro atoms. The van der Waals surface area contributed by atoms with Gasteiger partial charge in [0.2, 0.25) is 6.08 Å². The van der Waals surface area contributed by atoms with Crippen LogP contribution in [0.4, 0.5) is 5.69 Å². The lowest BCUT2D eigenvalue weighted by Crippen LogP contribution is -2.34. The number of benzene rings is 1. The molecule has 1 aliphatic heterocycles. The van der Waals surface area contributed by atoms with Crippen LogP contribution < -0.4 is 0 Å². The van der Waals surface area contributed by atoms with Gasteiger partial charge in [0.1, 0.15) is 6.17 Å². The third-order valence-electron chi connectivity index (χ3n) is 3.02. The molecule has 0 N–H and O–H groups in total. The predicted octanol–water partition coefficient (Wildman–Crippen LogP) is 1.04. The second-order valence-electron chi connectivity index (χ2n) is 4.18. The van der Waals surface area contributed by atoms with Gasteiger partial charge in [-0.1, -0.05) is 12.1 Å². The van der Waals surface area contributed by atoms with E-state index in [1.54, 1.807) is 0 Å². The molecule has 1 aromatic rings. The minimum atomic E-state index is -4.07. The molecule has 1 atom stereocenters. The van der Waals surface area contributed by atoms with Crippen molar-refractivity contribution in [1.82, 2.24) is 4.31 Å². The van der Waals surface area contributed by atoms with Crippen LogP contribution in [0.25, 0.3) is 0 Å². The summed E-state index contributed by atoms with van der Waals surface area (Å²) in [5.41, 5.74) is -0.492. The van der Waals surface area contributed by atoms with E-state index >= 15 is 0 Å². The Labute approximate surface area is 114 Å². The molecule has 1 aromatic carbocycles. The summed E-state index contributed by atoms with van der Waals surface area (Å²) in [6.45, 7) is 0.171. The first-order valence-corrected chi connectivity index (χ1v) is 7.24. The third kappa shape index (κ3) is 2.46. The number of nitrogens with zero attached hydrogens (tertiary/aromatic N) is 3. The molecule has 0 aliphatic carbocycles. The largest absolute Gasteiger partial charge is 0.289 e. The Hall–Kier alpha value is -2.09. The van der Waals surface area contributed by atoms with E-state index in [-0.39, 0.29) is 6.54 Å². The van der Waals surface area contributed by atoms with Gasteiger partial charge in [-0.25, -0.2) is 13.2 Å². The first-order chi connectivity index (χ1) is 9.48. The number of rotatable bonds is 4. The highest BCUT2D eigenvalue weighted by Gasteiger charge is 2.38. The lowest BCUT2D eigenvalue weighted by Gasteiger charge is -2.19. The maximum absolute atomic E-state index is 12.5. The maximum Gasteiger partial charge on any atom is 0.289 e. The lowest BCUT2D eigenvalue weighted by molar-refractivity contribution is -0.387. The highest BCUT2D eigenvalue weighted by molar-refractivity contribution is 7.89. The van der Waals surface area contributed by atoms with Gasteiger partial charge in [0.15, 0.2) is 4.90 Å². The molecule has 2 rings (SSSR count). The molecule has 1 heterocycles. The van der Waals surface area contributed by atoms with Gasteiger partial charge < -0.3 is 0 Å². The summed E-state index contributed by atoms with van der Waals surface area (Å²) in [6, 6.07) is 5.10. The minimum Gasteiger partial charge on any atom is -0.258 e. The van der Waals surface area contributed by atoms with Crippen LogP contribution in [0.1, 0.15) is 12.8 Å². The predicted molar refractivity (Wildman–Crippen MR) is 68.1 cm³/mol. The Balaban J connectivity index is 2.51. The molecule has 20 heavy (non-hydrogen) atoms. The van der Waals surface area contributed by atoms with Crippen molar-refractivity contribution >= 4 is 21.8 Å². The Bertz CT molecular complexity index is 681. The van der Waals surface area contributed by atoms with Crippen LogP contribution in [0.3, 0.4) is 0 Å². The number of sulfonamides is 1. The zero-order valence-electron chi connectivity index (χ0n) is 10.3. The topological polar surface area (TPSA) is 110 Å². The Morgan fingerprint density at radius 2 is 2.10 bits per heavy atom. The molecule has 1 aliphatic rings. The standard InChI is InChI=1S/C11H11N3O5S/c15-8-12-11-6-3-7-13(11)20(18,19)10-5-2-1-4-9(10)14(16)17/h1-2,4-5,11H,3,6-7H2. The number of para-hydroxylation sites is 1. The lowest BCUT2D eigenvalue weighted by atomic mass is 10.3. The van der Waals surface area contributed by atoms with Crippen LogP contribution in [-0.2, 0) is 14.8 Å². The second-order valence-corrected chi connectivity index (χ2v) is 6.04. The molecule has 0 aromatic heterocycles. The summed E-state index contributed by atoms with van der Waals surface area (Å²) in [7, 11) is -4.07. The molecule has 8 nitrogen and oxygen atoms in total. The van der Waals surface area contributed by atoms with Gasteiger partial charge >= 0.3 is 0 Å². The van der Waals surface area contributed by atoms with E-state index in [9.17, 15) is 23.3 Å². The summed E-state index contributed by atoms with van der Waals surface area (Å²) in [5, 5.41) is 10.9. The van der Waals surface area contributed by atoms with Gasteiger partial charge in [0.05, 0.1) is 4.92 Å². The summed E-state index contributed by atoms with van der Waals surface area (Å²) in [6.07, 6.45) is 1.44. The van der Waals surface area contributed by atoms with Gasteiger partial charge in [-0.15, -0.1) is 0 Å². The Kier molecular flexibility index (Phi) is 3.93. The average Bonchev–Trinajstić information content (AvgIpc) is 2.88. The van der Waals surface area contributed by atoms with Crippen molar-refractivity contribution in [1.29, 1.82) is 0 Å². The molecular formula is C11H11N3O5S. The fraction of sp³-hybridized carbons (Fsp3) is 0.364. The van der Waals surface area contributed by atoms with E-state index < -0.39 is 31.7 Å². The normalized spacial score (nSPS) is 19.5. The van der Waals surface area contributed by atoms with Gasteiger partial charge in [-0.05, 0) is 18.9 Å². The fourth-order valence-electron chi connectivity index (χ4n) is 2.15. The average molecular weight is 297 g/mol.